The first-order valence-electron chi connectivity index (χ1n) is 5.65. The Labute approximate surface area is 120 Å². The maximum Gasteiger partial charge on any atom is 0.224 e. The van der Waals surface area contributed by atoms with Gasteiger partial charge in [0.25, 0.3) is 0 Å². The van der Waals surface area contributed by atoms with Crippen LogP contribution < -0.4 is 5.32 Å². The van der Waals surface area contributed by atoms with Crippen LogP contribution in [0.25, 0.3) is 0 Å². The van der Waals surface area contributed by atoms with Gasteiger partial charge < -0.3 is 5.32 Å². The number of carbonyl (C=O) groups is 1. The molecule has 0 aromatic heterocycles. The molecule has 5 heteroatoms. The quantitative estimate of drug-likeness (QED) is 0.816. The van der Waals surface area contributed by atoms with E-state index in [1.165, 1.54) is 12.1 Å². The molecule has 1 aromatic carbocycles. The molecule has 1 N–H and O–H groups in total. The SMILES string of the molecule is CC(C)(CCBr)NC(=O)Cc1c(F)cccc1Cl. The summed E-state index contributed by atoms with van der Waals surface area (Å²) in [4.78, 5) is 11.9. The van der Waals surface area contributed by atoms with Crippen LogP contribution in [-0.2, 0) is 11.2 Å². The lowest BCUT2D eigenvalue weighted by Crippen LogP contribution is -2.44. The topological polar surface area (TPSA) is 29.1 Å². The number of carbonyl (C=O) groups excluding carboxylic acids is 1. The molecule has 18 heavy (non-hydrogen) atoms. The molecular formula is C13H16BrClFNO. The van der Waals surface area contributed by atoms with Crippen LogP contribution in [0.1, 0.15) is 25.8 Å². The van der Waals surface area contributed by atoms with Crippen molar-refractivity contribution in [3.8, 4) is 0 Å². The average Bonchev–Trinajstić information content (AvgIpc) is 2.22. The largest absolute Gasteiger partial charge is 0.351 e. The fourth-order valence-corrected chi connectivity index (χ4v) is 2.80. The number of nitrogens with one attached hydrogen (secondary N) is 1. The molecule has 1 rings (SSSR count). The Balaban J connectivity index is 2.71. The fraction of sp³-hybridized carbons (Fsp3) is 0.462. The molecule has 0 saturated carbocycles. The molecule has 0 heterocycles. The number of halogens is 3. The van der Waals surface area contributed by atoms with Gasteiger partial charge in [0.1, 0.15) is 5.82 Å². The highest BCUT2D eigenvalue weighted by Crippen LogP contribution is 2.20. The third-order valence-corrected chi connectivity index (χ3v) is 3.35. The summed E-state index contributed by atoms with van der Waals surface area (Å²) >= 11 is 9.21. The zero-order valence-corrected chi connectivity index (χ0v) is 12.7. The summed E-state index contributed by atoms with van der Waals surface area (Å²) in [6.07, 6.45) is 0.751. The molecule has 0 aliphatic carbocycles. The molecule has 0 atom stereocenters. The average molecular weight is 337 g/mol. The van der Waals surface area contributed by atoms with Crippen molar-refractivity contribution in [1.82, 2.24) is 5.32 Å². The first-order valence-corrected chi connectivity index (χ1v) is 7.15. The van der Waals surface area contributed by atoms with Crippen molar-refractivity contribution in [3.63, 3.8) is 0 Å². The van der Waals surface area contributed by atoms with E-state index in [0.717, 1.165) is 11.8 Å². The lowest BCUT2D eigenvalue weighted by atomic mass is 10.0. The van der Waals surface area contributed by atoms with Crippen LogP contribution in [0.2, 0.25) is 5.02 Å². The number of rotatable bonds is 5. The van der Waals surface area contributed by atoms with Crippen LogP contribution >= 0.6 is 27.5 Å². The second-order valence-corrected chi connectivity index (χ2v) is 5.95. The maximum atomic E-state index is 13.5. The molecule has 0 saturated heterocycles. The zero-order valence-electron chi connectivity index (χ0n) is 10.4. The summed E-state index contributed by atoms with van der Waals surface area (Å²) < 4.78 is 13.5. The van der Waals surface area contributed by atoms with Gasteiger partial charge in [0.2, 0.25) is 5.91 Å². The summed E-state index contributed by atoms with van der Waals surface area (Å²) in [5, 5.41) is 3.94. The lowest BCUT2D eigenvalue weighted by molar-refractivity contribution is -0.122. The molecule has 0 radical (unpaired) electrons. The Kier molecular flexibility index (Phi) is 5.60. The number of benzene rings is 1. The summed E-state index contributed by atoms with van der Waals surface area (Å²) in [5.41, 5.74) is -0.0792. The van der Waals surface area contributed by atoms with Crippen molar-refractivity contribution >= 4 is 33.4 Å². The number of hydrogen-bond acceptors (Lipinski definition) is 1. The van der Waals surface area contributed by atoms with Gasteiger partial charge in [0.05, 0.1) is 6.42 Å². The van der Waals surface area contributed by atoms with Crippen molar-refractivity contribution in [1.29, 1.82) is 0 Å². The molecule has 0 spiro atoms. The third kappa shape index (κ3) is 4.58. The van der Waals surface area contributed by atoms with E-state index in [9.17, 15) is 9.18 Å². The molecule has 2 nitrogen and oxygen atoms in total. The minimum atomic E-state index is -0.448. The Morgan fingerprint density at radius 1 is 1.50 bits per heavy atom. The predicted molar refractivity (Wildman–Crippen MR) is 75.7 cm³/mol. The zero-order chi connectivity index (χ0) is 13.8. The first kappa shape index (κ1) is 15.4. The van der Waals surface area contributed by atoms with Crippen LogP contribution in [0, 0.1) is 5.82 Å². The standard InChI is InChI=1S/C13H16BrClFNO/c1-13(2,6-7-14)17-12(18)8-9-10(15)4-3-5-11(9)16/h3-5H,6-8H2,1-2H3,(H,17,18). The molecular weight excluding hydrogens is 321 g/mol. The molecule has 0 fully saturated rings. The monoisotopic (exact) mass is 335 g/mol. The number of hydrogen-bond donors (Lipinski definition) is 1. The molecule has 1 amide bonds. The molecule has 0 unspecified atom stereocenters. The molecule has 100 valence electrons. The van der Waals surface area contributed by atoms with Gasteiger partial charge in [0.15, 0.2) is 0 Å². The van der Waals surface area contributed by atoms with Crippen LogP contribution in [-0.4, -0.2) is 16.8 Å². The van der Waals surface area contributed by atoms with Crippen molar-refractivity contribution in [3.05, 3.63) is 34.6 Å². The van der Waals surface area contributed by atoms with E-state index in [0.29, 0.717) is 0 Å². The van der Waals surface area contributed by atoms with E-state index in [-0.39, 0.29) is 28.5 Å². The fourth-order valence-electron chi connectivity index (χ4n) is 1.58. The van der Waals surface area contributed by atoms with Gasteiger partial charge in [-0.05, 0) is 32.4 Å². The second-order valence-electron chi connectivity index (χ2n) is 4.75. The first-order chi connectivity index (χ1) is 8.35. The van der Waals surface area contributed by atoms with Gasteiger partial charge in [-0.3, -0.25) is 4.79 Å². The van der Waals surface area contributed by atoms with Crippen LogP contribution in [0.5, 0.6) is 0 Å². The van der Waals surface area contributed by atoms with E-state index in [1.807, 2.05) is 13.8 Å². The number of amides is 1. The highest BCUT2D eigenvalue weighted by Gasteiger charge is 2.21. The summed E-state index contributed by atoms with van der Waals surface area (Å²) in [6, 6.07) is 4.41. The van der Waals surface area contributed by atoms with Crippen LogP contribution in [0.15, 0.2) is 18.2 Å². The summed E-state index contributed by atoms with van der Waals surface area (Å²) in [7, 11) is 0. The van der Waals surface area contributed by atoms with Crippen molar-refractivity contribution in [2.24, 2.45) is 0 Å². The Bertz CT molecular complexity index is 417. The summed E-state index contributed by atoms with van der Waals surface area (Å²) in [6.45, 7) is 3.85. The second kappa shape index (κ2) is 6.53. The Hall–Kier alpha value is -0.610. The lowest BCUT2D eigenvalue weighted by Gasteiger charge is -2.25. The van der Waals surface area contributed by atoms with E-state index in [1.54, 1.807) is 6.07 Å². The minimum absolute atomic E-state index is 0.0444. The predicted octanol–water partition coefficient (Wildman–Crippen LogP) is 3.70. The van der Waals surface area contributed by atoms with Gasteiger partial charge in [-0.2, -0.15) is 0 Å². The van der Waals surface area contributed by atoms with Gasteiger partial charge >= 0.3 is 0 Å². The molecule has 0 bridgehead atoms. The highest BCUT2D eigenvalue weighted by molar-refractivity contribution is 9.09. The van der Waals surface area contributed by atoms with Gasteiger partial charge in [0, 0.05) is 21.5 Å². The van der Waals surface area contributed by atoms with Gasteiger partial charge in [-0.25, -0.2) is 4.39 Å². The molecule has 0 aliphatic heterocycles. The normalized spacial score (nSPS) is 11.4. The van der Waals surface area contributed by atoms with Crippen molar-refractivity contribution < 1.29 is 9.18 Å². The maximum absolute atomic E-state index is 13.5. The van der Waals surface area contributed by atoms with E-state index in [2.05, 4.69) is 21.2 Å². The van der Waals surface area contributed by atoms with Gasteiger partial charge in [-0.1, -0.05) is 33.6 Å². The molecule has 1 aromatic rings. The van der Waals surface area contributed by atoms with Gasteiger partial charge in [-0.15, -0.1) is 0 Å². The van der Waals surface area contributed by atoms with E-state index < -0.39 is 5.82 Å². The van der Waals surface area contributed by atoms with E-state index >= 15 is 0 Å². The number of alkyl halides is 1. The molecule has 0 aliphatic rings. The minimum Gasteiger partial charge on any atom is -0.351 e. The third-order valence-electron chi connectivity index (χ3n) is 2.60. The van der Waals surface area contributed by atoms with Crippen molar-refractivity contribution in [2.75, 3.05) is 5.33 Å². The van der Waals surface area contributed by atoms with Crippen LogP contribution in [0.3, 0.4) is 0 Å². The van der Waals surface area contributed by atoms with Crippen molar-refractivity contribution in [2.45, 2.75) is 32.2 Å². The Morgan fingerprint density at radius 2 is 2.17 bits per heavy atom. The van der Waals surface area contributed by atoms with E-state index in [4.69, 9.17) is 11.6 Å². The summed E-state index contributed by atoms with van der Waals surface area (Å²) in [5.74, 6) is -0.677. The highest BCUT2D eigenvalue weighted by atomic mass is 79.9. The smallest absolute Gasteiger partial charge is 0.224 e. The van der Waals surface area contributed by atoms with Crippen LogP contribution in [0.4, 0.5) is 4.39 Å². The Morgan fingerprint density at radius 3 is 2.72 bits per heavy atom.